The number of carbonyl (C=O) groups excluding carboxylic acids is 1. The minimum Gasteiger partial charge on any atom is -0.370 e. The Bertz CT molecular complexity index is 565. The molecule has 3 rings (SSSR count). The molecule has 1 aromatic carbocycles. The van der Waals surface area contributed by atoms with E-state index in [1.165, 1.54) is 24.0 Å². The molecule has 1 fully saturated rings. The van der Waals surface area contributed by atoms with E-state index in [0.29, 0.717) is 18.5 Å². The van der Waals surface area contributed by atoms with Gasteiger partial charge in [0.25, 0.3) is 0 Å². The summed E-state index contributed by atoms with van der Waals surface area (Å²) in [6, 6.07) is 8.82. The minimum absolute atomic E-state index is 0.0525. The van der Waals surface area contributed by atoms with Crippen LogP contribution in [0.25, 0.3) is 0 Å². The number of aliphatic imine (C=N–C) groups is 1. The van der Waals surface area contributed by atoms with Crippen molar-refractivity contribution in [2.24, 2.45) is 10.7 Å². The highest BCUT2D eigenvalue weighted by Gasteiger charge is 2.27. The number of hydrogen-bond donors (Lipinski definition) is 1. The molecule has 1 aromatic rings. The van der Waals surface area contributed by atoms with Gasteiger partial charge in [0.2, 0.25) is 5.91 Å². The molecule has 0 radical (unpaired) electrons. The van der Waals surface area contributed by atoms with E-state index in [1.54, 1.807) is 0 Å². The van der Waals surface area contributed by atoms with Crippen LogP contribution in [0.5, 0.6) is 0 Å². The quantitative estimate of drug-likeness (QED) is 0.665. The predicted octanol–water partition coefficient (Wildman–Crippen LogP) is 0.980. The number of fused-ring (bicyclic) bond motifs is 1. The lowest BCUT2D eigenvalue weighted by Crippen LogP contribution is -2.39. The lowest BCUT2D eigenvalue weighted by molar-refractivity contribution is -0.130. The van der Waals surface area contributed by atoms with Crippen molar-refractivity contribution in [3.8, 4) is 0 Å². The first-order chi connectivity index (χ1) is 10.1. The van der Waals surface area contributed by atoms with Crippen LogP contribution < -0.4 is 5.73 Å². The van der Waals surface area contributed by atoms with E-state index >= 15 is 0 Å². The summed E-state index contributed by atoms with van der Waals surface area (Å²) < 4.78 is 0. The Morgan fingerprint density at radius 2 is 2.10 bits per heavy atom. The zero-order chi connectivity index (χ0) is 14.8. The molecule has 0 saturated heterocycles. The SMILES string of the molecule is CN(C(N)=NCC(=O)N1CCc2ccccc2C1)C1CC1. The normalized spacial score (nSPS) is 18.3. The van der Waals surface area contributed by atoms with Crippen molar-refractivity contribution >= 4 is 11.9 Å². The van der Waals surface area contributed by atoms with Crippen molar-refractivity contribution in [3.05, 3.63) is 35.4 Å². The Hall–Kier alpha value is -2.04. The maximum Gasteiger partial charge on any atom is 0.244 e. The van der Waals surface area contributed by atoms with E-state index in [4.69, 9.17) is 5.73 Å². The first kappa shape index (κ1) is 13.9. The van der Waals surface area contributed by atoms with Gasteiger partial charge in [0, 0.05) is 26.2 Å². The van der Waals surface area contributed by atoms with Gasteiger partial charge in [-0.2, -0.15) is 0 Å². The number of amides is 1. The van der Waals surface area contributed by atoms with E-state index in [-0.39, 0.29) is 12.5 Å². The maximum atomic E-state index is 12.3. The number of guanidine groups is 1. The van der Waals surface area contributed by atoms with Gasteiger partial charge in [-0.25, -0.2) is 4.99 Å². The molecule has 0 bridgehead atoms. The van der Waals surface area contributed by atoms with Crippen LogP contribution in [0.4, 0.5) is 0 Å². The van der Waals surface area contributed by atoms with Crippen molar-refractivity contribution in [2.75, 3.05) is 20.1 Å². The Labute approximate surface area is 125 Å². The molecule has 5 heteroatoms. The fraction of sp³-hybridized carbons (Fsp3) is 0.500. The summed E-state index contributed by atoms with van der Waals surface area (Å²) in [6.45, 7) is 1.59. The zero-order valence-electron chi connectivity index (χ0n) is 12.5. The molecule has 0 unspecified atom stereocenters. The van der Waals surface area contributed by atoms with E-state index in [1.807, 2.05) is 22.9 Å². The van der Waals surface area contributed by atoms with Crippen LogP contribution in [-0.4, -0.2) is 47.8 Å². The van der Waals surface area contributed by atoms with Crippen LogP contribution in [0.1, 0.15) is 24.0 Å². The van der Waals surface area contributed by atoms with Crippen molar-refractivity contribution < 1.29 is 4.79 Å². The third kappa shape index (κ3) is 3.17. The van der Waals surface area contributed by atoms with Gasteiger partial charge in [-0.15, -0.1) is 0 Å². The van der Waals surface area contributed by atoms with Crippen LogP contribution in [0.3, 0.4) is 0 Å². The second-order valence-corrected chi connectivity index (χ2v) is 5.85. The van der Waals surface area contributed by atoms with Gasteiger partial charge < -0.3 is 15.5 Å². The van der Waals surface area contributed by atoms with Crippen LogP contribution in [-0.2, 0) is 17.8 Å². The van der Waals surface area contributed by atoms with Crippen molar-refractivity contribution in [3.63, 3.8) is 0 Å². The first-order valence-electron chi connectivity index (χ1n) is 7.52. The van der Waals surface area contributed by atoms with Crippen molar-refractivity contribution in [1.29, 1.82) is 0 Å². The number of carbonyl (C=O) groups is 1. The average Bonchev–Trinajstić information content (AvgIpc) is 3.35. The number of hydrogen-bond acceptors (Lipinski definition) is 2. The minimum atomic E-state index is 0.0525. The van der Waals surface area contributed by atoms with Crippen molar-refractivity contribution in [2.45, 2.75) is 31.8 Å². The van der Waals surface area contributed by atoms with Crippen LogP contribution >= 0.6 is 0 Å². The molecule has 2 N–H and O–H groups in total. The van der Waals surface area contributed by atoms with Crippen LogP contribution in [0, 0.1) is 0 Å². The van der Waals surface area contributed by atoms with Crippen LogP contribution in [0.15, 0.2) is 29.3 Å². The summed E-state index contributed by atoms with van der Waals surface area (Å²) in [5, 5.41) is 0. The van der Waals surface area contributed by atoms with Gasteiger partial charge in [-0.05, 0) is 30.4 Å². The zero-order valence-corrected chi connectivity index (χ0v) is 12.5. The van der Waals surface area contributed by atoms with E-state index < -0.39 is 0 Å². The number of nitrogens with two attached hydrogens (primary N) is 1. The standard InChI is InChI=1S/C16H22N4O/c1-19(14-6-7-14)16(17)18-10-15(21)20-9-8-12-4-2-3-5-13(12)11-20/h2-5,14H,6-11H2,1H3,(H2,17,18). The Balaban J connectivity index is 1.58. The van der Waals surface area contributed by atoms with Gasteiger partial charge in [0.05, 0.1) is 0 Å². The van der Waals surface area contributed by atoms with E-state index in [0.717, 1.165) is 13.0 Å². The Morgan fingerprint density at radius 1 is 1.38 bits per heavy atom. The summed E-state index contributed by atoms with van der Waals surface area (Å²) in [6.07, 6.45) is 3.26. The summed E-state index contributed by atoms with van der Waals surface area (Å²) in [5.41, 5.74) is 8.50. The fourth-order valence-electron chi connectivity index (χ4n) is 2.72. The molecular formula is C16H22N4O. The molecule has 0 aromatic heterocycles. The molecule has 0 atom stereocenters. The molecule has 2 aliphatic rings. The molecule has 21 heavy (non-hydrogen) atoms. The summed E-state index contributed by atoms with van der Waals surface area (Å²) in [4.78, 5) is 20.4. The smallest absolute Gasteiger partial charge is 0.244 e. The van der Waals surface area contributed by atoms with E-state index in [9.17, 15) is 4.79 Å². The maximum absolute atomic E-state index is 12.3. The monoisotopic (exact) mass is 286 g/mol. The van der Waals surface area contributed by atoms with Gasteiger partial charge in [0.1, 0.15) is 6.54 Å². The van der Waals surface area contributed by atoms with Crippen molar-refractivity contribution in [1.82, 2.24) is 9.80 Å². The third-order valence-electron chi connectivity index (χ3n) is 4.32. The molecule has 112 valence electrons. The van der Waals surface area contributed by atoms with E-state index in [2.05, 4.69) is 23.2 Å². The Morgan fingerprint density at radius 3 is 2.81 bits per heavy atom. The summed E-state index contributed by atoms with van der Waals surface area (Å²) in [7, 11) is 1.94. The molecule has 1 aliphatic carbocycles. The lowest BCUT2D eigenvalue weighted by atomic mass is 10.00. The fourth-order valence-corrected chi connectivity index (χ4v) is 2.72. The molecule has 5 nitrogen and oxygen atoms in total. The molecular weight excluding hydrogens is 264 g/mol. The van der Waals surface area contributed by atoms with Gasteiger partial charge in [-0.1, -0.05) is 24.3 Å². The molecule has 0 spiro atoms. The second-order valence-electron chi connectivity index (χ2n) is 5.85. The topological polar surface area (TPSA) is 61.9 Å². The summed E-state index contributed by atoms with van der Waals surface area (Å²) in [5.74, 6) is 0.528. The molecule has 1 amide bonds. The highest BCUT2D eigenvalue weighted by Crippen LogP contribution is 2.24. The van der Waals surface area contributed by atoms with Gasteiger partial charge >= 0.3 is 0 Å². The average molecular weight is 286 g/mol. The predicted molar refractivity (Wildman–Crippen MR) is 82.8 cm³/mol. The third-order valence-corrected chi connectivity index (χ3v) is 4.32. The van der Waals surface area contributed by atoms with Crippen LogP contribution in [0.2, 0.25) is 0 Å². The number of rotatable bonds is 3. The molecule has 1 saturated carbocycles. The Kier molecular flexibility index (Phi) is 3.82. The second kappa shape index (κ2) is 5.76. The highest BCUT2D eigenvalue weighted by atomic mass is 16.2. The summed E-state index contributed by atoms with van der Waals surface area (Å²) >= 11 is 0. The van der Waals surface area contributed by atoms with Gasteiger partial charge in [-0.3, -0.25) is 4.79 Å². The lowest BCUT2D eigenvalue weighted by Gasteiger charge is -2.28. The highest BCUT2D eigenvalue weighted by molar-refractivity contribution is 5.84. The largest absolute Gasteiger partial charge is 0.370 e. The molecule has 1 heterocycles. The number of nitrogens with zero attached hydrogens (tertiary/aromatic N) is 3. The first-order valence-corrected chi connectivity index (χ1v) is 7.52. The van der Waals surface area contributed by atoms with Gasteiger partial charge in [0.15, 0.2) is 5.96 Å². The number of benzene rings is 1. The molecule has 1 aliphatic heterocycles.